The van der Waals surface area contributed by atoms with E-state index in [1.165, 1.54) is 0 Å². The highest BCUT2D eigenvalue weighted by Gasteiger charge is 2.30. The molecule has 0 radical (unpaired) electrons. The van der Waals surface area contributed by atoms with E-state index in [-0.39, 0.29) is 5.91 Å². The average Bonchev–Trinajstić information content (AvgIpc) is 2.59. The van der Waals surface area contributed by atoms with E-state index >= 15 is 0 Å². The summed E-state index contributed by atoms with van der Waals surface area (Å²) in [7, 11) is 1.62. The molecule has 0 aromatic heterocycles. The van der Waals surface area contributed by atoms with Gasteiger partial charge >= 0.3 is 0 Å². The SMILES string of the molecule is COCCNC(=O)CN1CCC(C)C1CN. The van der Waals surface area contributed by atoms with Crippen molar-refractivity contribution in [1.29, 1.82) is 0 Å². The third-order valence-corrected chi connectivity index (χ3v) is 3.21. The first kappa shape index (κ1) is 13.4. The van der Waals surface area contributed by atoms with Crippen LogP contribution in [0.2, 0.25) is 0 Å². The van der Waals surface area contributed by atoms with Gasteiger partial charge in [0.25, 0.3) is 0 Å². The topological polar surface area (TPSA) is 67.6 Å². The van der Waals surface area contributed by atoms with Gasteiger partial charge in [0.1, 0.15) is 0 Å². The van der Waals surface area contributed by atoms with Gasteiger partial charge in [-0.25, -0.2) is 0 Å². The molecule has 1 fully saturated rings. The first-order valence-electron chi connectivity index (χ1n) is 5.88. The Bertz CT molecular complexity index is 223. The molecule has 1 saturated heterocycles. The number of hydrogen-bond acceptors (Lipinski definition) is 4. The van der Waals surface area contributed by atoms with Crippen LogP contribution in [0.3, 0.4) is 0 Å². The van der Waals surface area contributed by atoms with Crippen molar-refractivity contribution in [2.24, 2.45) is 11.7 Å². The van der Waals surface area contributed by atoms with E-state index in [0.29, 0.717) is 38.2 Å². The number of amides is 1. The lowest BCUT2D eigenvalue weighted by Gasteiger charge is -2.24. The van der Waals surface area contributed by atoms with Crippen molar-refractivity contribution in [3.8, 4) is 0 Å². The van der Waals surface area contributed by atoms with Crippen LogP contribution in [-0.4, -0.2) is 56.7 Å². The van der Waals surface area contributed by atoms with Crippen molar-refractivity contribution in [3.63, 3.8) is 0 Å². The van der Waals surface area contributed by atoms with E-state index in [9.17, 15) is 4.79 Å². The highest BCUT2D eigenvalue weighted by molar-refractivity contribution is 5.78. The zero-order valence-electron chi connectivity index (χ0n) is 10.2. The summed E-state index contributed by atoms with van der Waals surface area (Å²) in [4.78, 5) is 13.8. The summed E-state index contributed by atoms with van der Waals surface area (Å²) in [5.41, 5.74) is 5.72. The minimum absolute atomic E-state index is 0.0598. The summed E-state index contributed by atoms with van der Waals surface area (Å²) in [6.07, 6.45) is 1.13. The quantitative estimate of drug-likeness (QED) is 0.598. The number of likely N-dealkylation sites (tertiary alicyclic amines) is 1. The second-order valence-corrected chi connectivity index (χ2v) is 4.38. The molecule has 1 aliphatic rings. The first-order chi connectivity index (χ1) is 7.69. The predicted octanol–water partition coefficient (Wildman–Crippen LogP) is -0.582. The fraction of sp³-hybridized carbons (Fsp3) is 0.909. The van der Waals surface area contributed by atoms with E-state index < -0.39 is 0 Å². The number of nitrogens with zero attached hydrogens (tertiary/aromatic N) is 1. The number of ether oxygens (including phenoxy) is 1. The summed E-state index contributed by atoms with van der Waals surface area (Å²) in [5.74, 6) is 0.654. The maximum atomic E-state index is 11.6. The van der Waals surface area contributed by atoms with Gasteiger partial charge in [-0.3, -0.25) is 9.69 Å². The molecule has 0 spiro atoms. The molecule has 0 saturated carbocycles. The monoisotopic (exact) mass is 229 g/mol. The Morgan fingerprint density at radius 3 is 3.00 bits per heavy atom. The molecule has 16 heavy (non-hydrogen) atoms. The Morgan fingerprint density at radius 1 is 1.62 bits per heavy atom. The third-order valence-electron chi connectivity index (χ3n) is 3.21. The van der Waals surface area contributed by atoms with E-state index in [4.69, 9.17) is 10.5 Å². The van der Waals surface area contributed by atoms with Gasteiger partial charge in [0, 0.05) is 26.2 Å². The lowest BCUT2D eigenvalue weighted by Crippen LogP contribution is -2.44. The van der Waals surface area contributed by atoms with Crippen molar-refractivity contribution in [1.82, 2.24) is 10.2 Å². The summed E-state index contributed by atoms with van der Waals surface area (Å²) < 4.78 is 4.87. The van der Waals surface area contributed by atoms with Crippen LogP contribution in [-0.2, 0) is 9.53 Å². The summed E-state index contributed by atoms with van der Waals surface area (Å²) in [6, 6.07) is 0.355. The summed E-state index contributed by atoms with van der Waals surface area (Å²) >= 11 is 0. The molecular weight excluding hydrogens is 206 g/mol. The van der Waals surface area contributed by atoms with Gasteiger partial charge in [0.2, 0.25) is 5.91 Å². The molecule has 2 atom stereocenters. The van der Waals surface area contributed by atoms with Gasteiger partial charge < -0.3 is 15.8 Å². The Kier molecular flexibility index (Phi) is 5.73. The van der Waals surface area contributed by atoms with Crippen LogP contribution in [0.5, 0.6) is 0 Å². The van der Waals surface area contributed by atoms with Crippen molar-refractivity contribution in [3.05, 3.63) is 0 Å². The minimum atomic E-state index is 0.0598. The molecule has 1 heterocycles. The minimum Gasteiger partial charge on any atom is -0.383 e. The summed E-state index contributed by atoms with van der Waals surface area (Å²) in [6.45, 7) is 5.39. The average molecular weight is 229 g/mol. The Balaban J connectivity index is 2.28. The molecule has 1 aliphatic heterocycles. The fourth-order valence-electron chi connectivity index (χ4n) is 2.20. The van der Waals surface area contributed by atoms with Crippen LogP contribution in [0, 0.1) is 5.92 Å². The van der Waals surface area contributed by atoms with Crippen LogP contribution in [0.15, 0.2) is 0 Å². The third kappa shape index (κ3) is 3.73. The number of carbonyl (C=O) groups excluding carboxylic acids is 1. The molecule has 94 valence electrons. The normalized spacial score (nSPS) is 25.9. The van der Waals surface area contributed by atoms with Crippen LogP contribution >= 0.6 is 0 Å². The Morgan fingerprint density at radius 2 is 2.38 bits per heavy atom. The Labute approximate surface area is 97.3 Å². The molecule has 0 bridgehead atoms. The molecule has 1 amide bonds. The van der Waals surface area contributed by atoms with Crippen molar-refractivity contribution >= 4 is 5.91 Å². The molecular formula is C11H23N3O2. The first-order valence-corrected chi connectivity index (χ1v) is 5.88. The molecule has 2 unspecified atom stereocenters. The van der Waals surface area contributed by atoms with Crippen LogP contribution in [0.4, 0.5) is 0 Å². The number of hydrogen-bond donors (Lipinski definition) is 2. The van der Waals surface area contributed by atoms with E-state index in [0.717, 1.165) is 13.0 Å². The standard InChI is InChI=1S/C11H23N3O2/c1-9-3-5-14(10(9)7-12)8-11(15)13-4-6-16-2/h9-10H,3-8,12H2,1-2H3,(H,13,15). The number of carbonyl (C=O) groups is 1. The molecule has 5 nitrogen and oxygen atoms in total. The van der Waals surface area contributed by atoms with Crippen LogP contribution < -0.4 is 11.1 Å². The van der Waals surface area contributed by atoms with Gasteiger partial charge in [-0.15, -0.1) is 0 Å². The smallest absolute Gasteiger partial charge is 0.234 e. The van der Waals surface area contributed by atoms with Gasteiger partial charge in [0.05, 0.1) is 13.2 Å². The Hall–Kier alpha value is -0.650. The fourth-order valence-corrected chi connectivity index (χ4v) is 2.20. The zero-order chi connectivity index (χ0) is 12.0. The molecule has 0 aliphatic carbocycles. The van der Waals surface area contributed by atoms with Gasteiger partial charge in [-0.05, 0) is 18.9 Å². The van der Waals surface area contributed by atoms with Gasteiger partial charge in [-0.1, -0.05) is 6.92 Å². The van der Waals surface area contributed by atoms with Crippen molar-refractivity contribution < 1.29 is 9.53 Å². The number of nitrogens with one attached hydrogen (secondary N) is 1. The maximum Gasteiger partial charge on any atom is 0.234 e. The second-order valence-electron chi connectivity index (χ2n) is 4.38. The maximum absolute atomic E-state index is 11.6. The number of nitrogens with two attached hydrogens (primary N) is 1. The predicted molar refractivity (Wildman–Crippen MR) is 63.1 cm³/mol. The van der Waals surface area contributed by atoms with Gasteiger partial charge in [0.15, 0.2) is 0 Å². The second kappa shape index (κ2) is 6.83. The number of rotatable bonds is 6. The lowest BCUT2D eigenvalue weighted by atomic mass is 10.0. The lowest BCUT2D eigenvalue weighted by molar-refractivity contribution is -0.122. The summed E-state index contributed by atoms with van der Waals surface area (Å²) in [5, 5.41) is 2.82. The van der Waals surface area contributed by atoms with E-state index in [2.05, 4.69) is 17.1 Å². The van der Waals surface area contributed by atoms with Crippen molar-refractivity contribution in [2.45, 2.75) is 19.4 Å². The molecule has 0 aromatic rings. The molecule has 5 heteroatoms. The van der Waals surface area contributed by atoms with Crippen LogP contribution in [0.1, 0.15) is 13.3 Å². The molecule has 1 rings (SSSR count). The zero-order valence-corrected chi connectivity index (χ0v) is 10.2. The van der Waals surface area contributed by atoms with Crippen molar-refractivity contribution in [2.75, 3.05) is 39.9 Å². The van der Waals surface area contributed by atoms with E-state index in [1.54, 1.807) is 7.11 Å². The van der Waals surface area contributed by atoms with E-state index in [1.807, 2.05) is 0 Å². The number of methoxy groups -OCH3 is 1. The highest BCUT2D eigenvalue weighted by Crippen LogP contribution is 2.22. The largest absolute Gasteiger partial charge is 0.383 e. The van der Waals surface area contributed by atoms with Gasteiger partial charge in [-0.2, -0.15) is 0 Å². The van der Waals surface area contributed by atoms with Crippen LogP contribution in [0.25, 0.3) is 0 Å². The molecule has 3 N–H and O–H groups in total. The highest BCUT2D eigenvalue weighted by atomic mass is 16.5. The molecule has 0 aromatic carbocycles.